The zero-order valence-corrected chi connectivity index (χ0v) is 14.4. The molecule has 0 saturated carbocycles. The van der Waals surface area contributed by atoms with Crippen molar-refractivity contribution in [2.45, 2.75) is 13.1 Å². The number of carboxylic acids is 1. The Bertz CT molecular complexity index is 1080. The molecule has 0 radical (unpaired) electrons. The Balaban J connectivity index is 1.87. The van der Waals surface area contributed by atoms with Crippen molar-refractivity contribution >= 4 is 11.7 Å². The van der Waals surface area contributed by atoms with Crippen molar-refractivity contribution in [3.05, 3.63) is 58.9 Å². The van der Waals surface area contributed by atoms with Gasteiger partial charge in [-0.25, -0.2) is 9.48 Å². The second kappa shape index (κ2) is 6.56. The average molecular weight is 364 g/mol. The van der Waals surface area contributed by atoms with Crippen molar-refractivity contribution in [3.63, 3.8) is 0 Å². The van der Waals surface area contributed by atoms with Gasteiger partial charge in [-0.1, -0.05) is 12.1 Å². The van der Waals surface area contributed by atoms with Crippen LogP contribution in [0.2, 0.25) is 0 Å². The molecule has 136 valence electrons. The number of carbonyl (C=O) groups is 1. The summed E-state index contributed by atoms with van der Waals surface area (Å²) in [6.45, 7) is 2.41. The van der Waals surface area contributed by atoms with Crippen molar-refractivity contribution in [3.8, 4) is 28.4 Å². The lowest BCUT2D eigenvalue weighted by Crippen LogP contribution is -2.35. The molecule has 2 N–H and O–H groups in total. The SMILES string of the molecule is CCOc1ccc(-c2nn3c(nc2=O)-c2ccccc2NC3C(=O)O)cc1. The molecule has 0 saturated heterocycles. The van der Waals surface area contributed by atoms with Gasteiger partial charge in [-0.05, 0) is 43.3 Å². The van der Waals surface area contributed by atoms with Gasteiger partial charge >= 0.3 is 5.97 Å². The first kappa shape index (κ1) is 16.8. The summed E-state index contributed by atoms with van der Waals surface area (Å²) in [4.78, 5) is 28.5. The van der Waals surface area contributed by atoms with Crippen molar-refractivity contribution < 1.29 is 14.6 Å². The minimum atomic E-state index is -1.16. The standard InChI is InChI=1S/C19H16N4O4/c1-2-27-12-9-7-11(8-10-12)15-18(24)21-16-13-5-3-4-6-14(13)20-17(19(25)26)23(16)22-15/h3-10,17,20H,2H2,1H3,(H,25,26). The van der Waals surface area contributed by atoms with Crippen LogP contribution < -0.4 is 15.6 Å². The van der Waals surface area contributed by atoms with Gasteiger partial charge in [0.2, 0.25) is 6.17 Å². The van der Waals surface area contributed by atoms with E-state index in [9.17, 15) is 14.7 Å². The zero-order chi connectivity index (χ0) is 19.0. The highest BCUT2D eigenvalue weighted by molar-refractivity contribution is 5.84. The molecule has 0 aliphatic carbocycles. The molecule has 1 aliphatic rings. The maximum atomic E-state index is 12.6. The Morgan fingerprint density at radius 3 is 2.67 bits per heavy atom. The number of nitrogens with one attached hydrogen (secondary N) is 1. The number of anilines is 1. The van der Waals surface area contributed by atoms with Gasteiger partial charge in [0.05, 0.1) is 6.61 Å². The molecule has 1 aromatic heterocycles. The molecular formula is C19H16N4O4. The number of ether oxygens (including phenoxy) is 1. The van der Waals surface area contributed by atoms with E-state index in [2.05, 4.69) is 15.4 Å². The van der Waals surface area contributed by atoms with Crippen LogP contribution in [-0.2, 0) is 4.79 Å². The Kier molecular flexibility index (Phi) is 4.08. The summed E-state index contributed by atoms with van der Waals surface area (Å²) in [6.07, 6.45) is -1.16. The number of nitrogens with zero attached hydrogens (tertiary/aromatic N) is 3. The first-order valence-electron chi connectivity index (χ1n) is 8.41. The van der Waals surface area contributed by atoms with E-state index in [0.29, 0.717) is 29.2 Å². The number of fused-ring (bicyclic) bond motifs is 3. The summed E-state index contributed by atoms with van der Waals surface area (Å²) < 4.78 is 6.63. The monoisotopic (exact) mass is 364 g/mol. The van der Waals surface area contributed by atoms with Crippen molar-refractivity contribution in [2.75, 3.05) is 11.9 Å². The predicted octanol–water partition coefficient (Wildman–Crippen LogP) is 2.38. The quantitative estimate of drug-likeness (QED) is 0.732. The van der Waals surface area contributed by atoms with Crippen LogP contribution in [0.15, 0.2) is 53.3 Å². The third-order valence-electron chi connectivity index (χ3n) is 4.21. The Hall–Kier alpha value is -3.68. The zero-order valence-electron chi connectivity index (χ0n) is 14.4. The summed E-state index contributed by atoms with van der Waals surface area (Å²) in [5.41, 5.74) is 1.31. The molecule has 2 heterocycles. The summed E-state index contributed by atoms with van der Waals surface area (Å²) in [5, 5.41) is 16.8. The van der Waals surface area contributed by atoms with Gasteiger partial charge in [0.1, 0.15) is 5.75 Å². The molecule has 0 fully saturated rings. The Labute approximate surface area is 154 Å². The fraction of sp³-hybridized carbons (Fsp3) is 0.158. The van der Waals surface area contributed by atoms with E-state index in [0.717, 1.165) is 0 Å². The highest BCUT2D eigenvalue weighted by Gasteiger charge is 2.31. The number of hydrogen-bond donors (Lipinski definition) is 2. The summed E-state index contributed by atoms with van der Waals surface area (Å²) in [7, 11) is 0. The van der Waals surface area contributed by atoms with Crippen molar-refractivity contribution in [2.24, 2.45) is 0 Å². The van der Waals surface area contributed by atoms with Crippen LogP contribution >= 0.6 is 0 Å². The van der Waals surface area contributed by atoms with Gasteiger partial charge in [0, 0.05) is 16.8 Å². The molecular weight excluding hydrogens is 348 g/mol. The largest absolute Gasteiger partial charge is 0.494 e. The smallest absolute Gasteiger partial charge is 0.349 e. The minimum absolute atomic E-state index is 0.0780. The number of benzene rings is 2. The number of para-hydroxylation sites is 1. The van der Waals surface area contributed by atoms with Gasteiger partial charge in [-0.2, -0.15) is 10.1 Å². The second-order valence-corrected chi connectivity index (χ2v) is 5.92. The van der Waals surface area contributed by atoms with E-state index in [1.54, 1.807) is 48.5 Å². The lowest BCUT2D eigenvalue weighted by molar-refractivity contribution is -0.140. The highest BCUT2D eigenvalue weighted by Crippen LogP contribution is 2.33. The van der Waals surface area contributed by atoms with E-state index in [1.165, 1.54) is 4.68 Å². The lowest BCUT2D eigenvalue weighted by atomic mass is 10.1. The number of hydrogen-bond acceptors (Lipinski definition) is 6. The van der Waals surface area contributed by atoms with Crippen LogP contribution in [0.4, 0.5) is 5.69 Å². The Morgan fingerprint density at radius 2 is 1.96 bits per heavy atom. The molecule has 2 aromatic carbocycles. The van der Waals surface area contributed by atoms with E-state index in [-0.39, 0.29) is 11.5 Å². The van der Waals surface area contributed by atoms with Gasteiger partial charge < -0.3 is 15.2 Å². The summed E-state index contributed by atoms with van der Waals surface area (Å²) in [5.74, 6) is -0.232. The van der Waals surface area contributed by atoms with Crippen LogP contribution in [0, 0.1) is 0 Å². The fourth-order valence-corrected chi connectivity index (χ4v) is 3.00. The molecule has 0 spiro atoms. The average Bonchev–Trinajstić information content (AvgIpc) is 2.68. The molecule has 1 aliphatic heterocycles. The lowest BCUT2D eigenvalue weighted by Gasteiger charge is -2.27. The maximum Gasteiger partial charge on any atom is 0.349 e. The van der Waals surface area contributed by atoms with Crippen LogP contribution in [0.3, 0.4) is 0 Å². The molecule has 1 unspecified atom stereocenters. The highest BCUT2D eigenvalue weighted by atomic mass is 16.5. The topological polar surface area (TPSA) is 106 Å². The first-order chi connectivity index (χ1) is 13.1. The molecule has 0 amide bonds. The number of aromatic nitrogens is 3. The fourth-order valence-electron chi connectivity index (χ4n) is 3.00. The maximum absolute atomic E-state index is 12.6. The van der Waals surface area contributed by atoms with Gasteiger partial charge in [0.25, 0.3) is 5.56 Å². The molecule has 4 rings (SSSR count). The van der Waals surface area contributed by atoms with Crippen LogP contribution in [0.25, 0.3) is 22.6 Å². The summed E-state index contributed by atoms with van der Waals surface area (Å²) in [6, 6.07) is 13.9. The van der Waals surface area contributed by atoms with E-state index in [1.807, 2.05) is 6.92 Å². The van der Waals surface area contributed by atoms with Crippen LogP contribution in [0.1, 0.15) is 13.1 Å². The molecule has 27 heavy (non-hydrogen) atoms. The van der Waals surface area contributed by atoms with E-state index < -0.39 is 17.7 Å². The third-order valence-corrected chi connectivity index (χ3v) is 4.21. The van der Waals surface area contributed by atoms with Crippen LogP contribution in [0.5, 0.6) is 5.75 Å². The van der Waals surface area contributed by atoms with Gasteiger partial charge in [-0.3, -0.25) is 4.79 Å². The molecule has 0 bridgehead atoms. The molecule has 8 nitrogen and oxygen atoms in total. The minimum Gasteiger partial charge on any atom is -0.494 e. The van der Waals surface area contributed by atoms with Gasteiger partial charge in [-0.15, -0.1) is 0 Å². The number of carboxylic acid groups (broad SMARTS) is 1. The van der Waals surface area contributed by atoms with Crippen molar-refractivity contribution in [1.82, 2.24) is 14.8 Å². The normalized spacial score (nSPS) is 14.6. The molecule has 3 aromatic rings. The number of rotatable bonds is 4. The molecule has 1 atom stereocenters. The van der Waals surface area contributed by atoms with E-state index >= 15 is 0 Å². The Morgan fingerprint density at radius 1 is 1.22 bits per heavy atom. The first-order valence-corrected chi connectivity index (χ1v) is 8.41. The number of aliphatic carboxylic acids is 1. The van der Waals surface area contributed by atoms with Crippen molar-refractivity contribution in [1.29, 1.82) is 0 Å². The van der Waals surface area contributed by atoms with Crippen LogP contribution in [-0.4, -0.2) is 32.4 Å². The summed E-state index contributed by atoms with van der Waals surface area (Å²) >= 11 is 0. The molecule has 8 heteroatoms. The third kappa shape index (κ3) is 2.91. The van der Waals surface area contributed by atoms with E-state index in [4.69, 9.17) is 4.74 Å². The second-order valence-electron chi connectivity index (χ2n) is 5.92. The predicted molar refractivity (Wildman–Crippen MR) is 98.6 cm³/mol. The van der Waals surface area contributed by atoms with Gasteiger partial charge in [0.15, 0.2) is 11.5 Å².